The van der Waals surface area contributed by atoms with Gasteiger partial charge >= 0.3 is 0 Å². The molecule has 0 aliphatic heterocycles. The van der Waals surface area contributed by atoms with Gasteiger partial charge in [-0.15, -0.1) is 0 Å². The Kier molecular flexibility index (Phi) is 5.08. The molecule has 5 nitrogen and oxygen atoms in total. The molecule has 18 heavy (non-hydrogen) atoms. The number of oxime groups is 1. The zero-order valence-electron chi connectivity index (χ0n) is 9.65. The predicted octanol–water partition coefficient (Wildman–Crippen LogP) is 1.84. The molecule has 0 aliphatic carbocycles. The van der Waals surface area contributed by atoms with Gasteiger partial charge < -0.3 is 16.3 Å². The third-order valence-electron chi connectivity index (χ3n) is 2.37. The first-order chi connectivity index (χ1) is 8.49. The first kappa shape index (κ1) is 14.4. The molecule has 98 valence electrons. The van der Waals surface area contributed by atoms with Crippen molar-refractivity contribution in [3.63, 3.8) is 0 Å². The fraction of sp³-hybridized carbons (Fsp3) is 0.273. The van der Waals surface area contributed by atoms with Crippen LogP contribution in [-0.4, -0.2) is 23.0 Å². The minimum atomic E-state index is -0.589. The second kappa shape index (κ2) is 6.34. The van der Waals surface area contributed by atoms with Crippen LogP contribution in [0.15, 0.2) is 27.8 Å². The van der Waals surface area contributed by atoms with Crippen molar-refractivity contribution >= 4 is 27.7 Å². The SMILES string of the molecule is CCC(NC(=O)c1ccc(Br)c(F)c1)C(N)=NO. The van der Waals surface area contributed by atoms with E-state index in [1.165, 1.54) is 12.1 Å². The normalized spacial score (nSPS) is 13.2. The molecule has 0 saturated carbocycles. The van der Waals surface area contributed by atoms with Crippen LogP contribution in [0, 0.1) is 5.82 Å². The molecule has 0 aromatic heterocycles. The number of amides is 1. The van der Waals surface area contributed by atoms with Crippen molar-refractivity contribution < 1.29 is 14.4 Å². The summed E-state index contributed by atoms with van der Waals surface area (Å²) in [5, 5.41) is 13.9. The molecular weight excluding hydrogens is 305 g/mol. The number of nitrogens with zero attached hydrogens (tertiary/aromatic N) is 1. The van der Waals surface area contributed by atoms with E-state index in [1.54, 1.807) is 6.92 Å². The Morgan fingerprint density at radius 1 is 1.67 bits per heavy atom. The third kappa shape index (κ3) is 3.43. The number of nitrogens with two attached hydrogens (primary N) is 1. The molecule has 7 heteroatoms. The average molecular weight is 318 g/mol. The van der Waals surface area contributed by atoms with Gasteiger partial charge in [-0.05, 0) is 40.5 Å². The summed E-state index contributed by atoms with van der Waals surface area (Å²) >= 11 is 3.00. The molecule has 0 saturated heterocycles. The van der Waals surface area contributed by atoms with Crippen LogP contribution in [0.5, 0.6) is 0 Å². The Morgan fingerprint density at radius 3 is 2.83 bits per heavy atom. The van der Waals surface area contributed by atoms with Gasteiger partial charge in [0.15, 0.2) is 5.84 Å². The highest BCUT2D eigenvalue weighted by atomic mass is 79.9. The monoisotopic (exact) mass is 317 g/mol. The number of hydrogen-bond donors (Lipinski definition) is 3. The smallest absolute Gasteiger partial charge is 0.251 e. The van der Waals surface area contributed by atoms with Crippen LogP contribution in [0.1, 0.15) is 23.7 Å². The molecule has 1 amide bonds. The fourth-order valence-electron chi connectivity index (χ4n) is 1.33. The molecule has 0 aliphatic rings. The van der Waals surface area contributed by atoms with Crippen LogP contribution in [0.25, 0.3) is 0 Å². The zero-order valence-corrected chi connectivity index (χ0v) is 11.2. The lowest BCUT2D eigenvalue weighted by atomic mass is 10.1. The van der Waals surface area contributed by atoms with E-state index in [0.29, 0.717) is 6.42 Å². The molecule has 1 aromatic rings. The molecule has 0 fully saturated rings. The summed E-state index contributed by atoms with van der Waals surface area (Å²) in [6.07, 6.45) is 0.459. The largest absolute Gasteiger partial charge is 0.409 e. The molecule has 0 spiro atoms. The highest BCUT2D eigenvalue weighted by molar-refractivity contribution is 9.10. The van der Waals surface area contributed by atoms with Crippen LogP contribution >= 0.6 is 15.9 Å². The molecule has 0 bridgehead atoms. The van der Waals surface area contributed by atoms with E-state index in [2.05, 4.69) is 26.4 Å². The van der Waals surface area contributed by atoms with E-state index < -0.39 is 17.8 Å². The van der Waals surface area contributed by atoms with E-state index in [1.807, 2.05) is 0 Å². The average Bonchev–Trinajstić information content (AvgIpc) is 2.37. The van der Waals surface area contributed by atoms with Gasteiger partial charge in [0.25, 0.3) is 5.91 Å². The molecule has 1 unspecified atom stereocenters. The first-order valence-electron chi connectivity index (χ1n) is 5.23. The highest BCUT2D eigenvalue weighted by Gasteiger charge is 2.16. The third-order valence-corrected chi connectivity index (χ3v) is 3.01. The van der Waals surface area contributed by atoms with Gasteiger partial charge in [-0.3, -0.25) is 4.79 Å². The van der Waals surface area contributed by atoms with Crippen molar-refractivity contribution in [2.75, 3.05) is 0 Å². The van der Waals surface area contributed by atoms with Gasteiger partial charge in [0, 0.05) is 5.56 Å². The summed E-state index contributed by atoms with van der Waals surface area (Å²) in [6.45, 7) is 1.77. The molecule has 1 aromatic carbocycles. The summed E-state index contributed by atoms with van der Waals surface area (Å²) in [5.74, 6) is -1.11. The van der Waals surface area contributed by atoms with E-state index >= 15 is 0 Å². The summed E-state index contributed by atoms with van der Waals surface area (Å²) < 4.78 is 13.5. The van der Waals surface area contributed by atoms with Crippen molar-refractivity contribution in [2.45, 2.75) is 19.4 Å². The second-order valence-electron chi connectivity index (χ2n) is 3.59. The summed E-state index contributed by atoms with van der Waals surface area (Å²) in [6, 6.07) is 3.43. The minimum absolute atomic E-state index is 0.0940. The van der Waals surface area contributed by atoms with E-state index in [9.17, 15) is 9.18 Å². The van der Waals surface area contributed by atoms with Crippen molar-refractivity contribution in [1.29, 1.82) is 0 Å². The number of carbonyl (C=O) groups is 1. The van der Waals surface area contributed by atoms with Gasteiger partial charge in [-0.25, -0.2) is 4.39 Å². The molecule has 4 N–H and O–H groups in total. The van der Waals surface area contributed by atoms with Crippen LogP contribution < -0.4 is 11.1 Å². The summed E-state index contributed by atoms with van der Waals surface area (Å²) in [7, 11) is 0. The standard InChI is InChI=1S/C11H13BrFN3O2/c1-2-9(10(14)16-18)15-11(17)6-3-4-7(12)8(13)5-6/h3-5,9,18H,2H2,1H3,(H2,14,16)(H,15,17). The number of halogens is 2. The zero-order chi connectivity index (χ0) is 13.7. The quantitative estimate of drug-likeness (QED) is 0.343. The Hall–Kier alpha value is -1.63. The van der Waals surface area contributed by atoms with Crippen LogP contribution in [0.4, 0.5) is 4.39 Å². The Morgan fingerprint density at radius 2 is 2.33 bits per heavy atom. The predicted molar refractivity (Wildman–Crippen MR) is 69.1 cm³/mol. The van der Waals surface area contributed by atoms with Gasteiger partial charge in [0.05, 0.1) is 10.5 Å². The van der Waals surface area contributed by atoms with Crippen LogP contribution in [-0.2, 0) is 0 Å². The van der Waals surface area contributed by atoms with Gasteiger partial charge in [0.2, 0.25) is 0 Å². The molecule has 1 rings (SSSR count). The van der Waals surface area contributed by atoms with Crippen molar-refractivity contribution in [3.05, 3.63) is 34.1 Å². The maximum absolute atomic E-state index is 13.3. The number of nitrogens with one attached hydrogen (secondary N) is 1. The maximum atomic E-state index is 13.3. The summed E-state index contributed by atoms with van der Waals surface area (Å²) in [5.41, 5.74) is 5.58. The van der Waals surface area contributed by atoms with Gasteiger partial charge in [-0.2, -0.15) is 0 Å². The van der Waals surface area contributed by atoms with E-state index in [4.69, 9.17) is 10.9 Å². The first-order valence-corrected chi connectivity index (χ1v) is 6.02. The highest BCUT2D eigenvalue weighted by Crippen LogP contribution is 2.16. The van der Waals surface area contributed by atoms with Crippen molar-refractivity contribution in [2.24, 2.45) is 10.9 Å². The Balaban J connectivity index is 2.84. The lowest BCUT2D eigenvalue weighted by Crippen LogP contribution is -2.44. The second-order valence-corrected chi connectivity index (χ2v) is 4.44. The Bertz CT molecular complexity index is 479. The molecule has 0 heterocycles. The van der Waals surface area contributed by atoms with E-state index in [-0.39, 0.29) is 15.9 Å². The van der Waals surface area contributed by atoms with E-state index in [0.717, 1.165) is 6.07 Å². The lowest BCUT2D eigenvalue weighted by molar-refractivity contribution is 0.0945. The topological polar surface area (TPSA) is 87.7 Å². The number of hydrogen-bond acceptors (Lipinski definition) is 3. The number of carbonyl (C=O) groups excluding carboxylic acids is 1. The molecule has 0 radical (unpaired) electrons. The van der Waals surface area contributed by atoms with Gasteiger partial charge in [0.1, 0.15) is 5.82 Å². The van der Waals surface area contributed by atoms with Gasteiger partial charge in [-0.1, -0.05) is 12.1 Å². The summed E-state index contributed by atoms with van der Waals surface area (Å²) in [4.78, 5) is 11.8. The molecule has 1 atom stereocenters. The van der Waals surface area contributed by atoms with Crippen molar-refractivity contribution in [1.82, 2.24) is 5.32 Å². The fourth-order valence-corrected chi connectivity index (χ4v) is 1.58. The number of rotatable bonds is 4. The Labute approximate surface area is 112 Å². The van der Waals surface area contributed by atoms with Crippen LogP contribution in [0.2, 0.25) is 0 Å². The minimum Gasteiger partial charge on any atom is -0.409 e. The maximum Gasteiger partial charge on any atom is 0.251 e. The molecular formula is C11H13BrFN3O2. The van der Waals surface area contributed by atoms with Crippen LogP contribution in [0.3, 0.4) is 0 Å². The number of benzene rings is 1. The number of amidine groups is 1. The van der Waals surface area contributed by atoms with Crippen molar-refractivity contribution in [3.8, 4) is 0 Å². The lowest BCUT2D eigenvalue weighted by Gasteiger charge is -2.15.